The van der Waals surface area contributed by atoms with E-state index in [1.807, 2.05) is 12.1 Å². The van der Waals surface area contributed by atoms with Crippen LogP contribution in [-0.2, 0) is 0 Å². The minimum atomic E-state index is 0.186. The van der Waals surface area contributed by atoms with Gasteiger partial charge in [0.25, 0.3) is 0 Å². The first-order valence-electron chi connectivity index (χ1n) is 5.27. The molecule has 1 aromatic heterocycles. The average molecular weight is 207 g/mol. The van der Waals surface area contributed by atoms with Gasteiger partial charge in [-0.15, -0.1) is 0 Å². The van der Waals surface area contributed by atoms with Crippen molar-refractivity contribution in [3.8, 4) is 5.88 Å². The summed E-state index contributed by atoms with van der Waals surface area (Å²) in [6, 6.07) is 4.19. The normalized spacial score (nSPS) is 26.3. The van der Waals surface area contributed by atoms with Gasteiger partial charge in [0.2, 0.25) is 5.88 Å². The molecule has 2 heterocycles. The van der Waals surface area contributed by atoms with Crippen LogP contribution >= 0.6 is 0 Å². The van der Waals surface area contributed by atoms with Crippen LogP contribution in [0.3, 0.4) is 0 Å². The van der Waals surface area contributed by atoms with Gasteiger partial charge in [-0.05, 0) is 24.6 Å². The third kappa shape index (κ3) is 2.27. The lowest BCUT2D eigenvalue weighted by molar-refractivity contribution is 0.386. The topological polar surface area (TPSA) is 60.2 Å². The number of piperidine rings is 1. The van der Waals surface area contributed by atoms with Gasteiger partial charge in [-0.25, -0.2) is 4.98 Å². The van der Waals surface area contributed by atoms with E-state index in [0.717, 1.165) is 19.5 Å². The first-order valence-corrected chi connectivity index (χ1v) is 5.27. The van der Waals surface area contributed by atoms with Gasteiger partial charge in [0.1, 0.15) is 0 Å². The van der Waals surface area contributed by atoms with E-state index in [4.69, 9.17) is 10.5 Å². The molecule has 2 rings (SSSR count). The molecule has 1 aliphatic rings. The van der Waals surface area contributed by atoms with Crippen LogP contribution in [0, 0.1) is 0 Å². The highest BCUT2D eigenvalue weighted by Gasteiger charge is 2.23. The van der Waals surface area contributed by atoms with Crippen LogP contribution in [0.5, 0.6) is 5.88 Å². The fourth-order valence-corrected chi connectivity index (χ4v) is 2.06. The average Bonchev–Trinajstić information content (AvgIpc) is 2.30. The van der Waals surface area contributed by atoms with Crippen molar-refractivity contribution in [2.75, 3.05) is 20.2 Å². The molecule has 1 aromatic rings. The van der Waals surface area contributed by atoms with E-state index in [1.165, 1.54) is 5.56 Å². The Morgan fingerprint density at radius 3 is 3.20 bits per heavy atom. The molecule has 4 heteroatoms. The molecule has 0 aromatic carbocycles. The maximum Gasteiger partial charge on any atom is 0.213 e. The summed E-state index contributed by atoms with van der Waals surface area (Å²) < 4.78 is 5.11. The Morgan fingerprint density at radius 1 is 1.60 bits per heavy atom. The Kier molecular flexibility index (Phi) is 3.18. The van der Waals surface area contributed by atoms with Crippen molar-refractivity contribution in [3.05, 3.63) is 23.9 Å². The molecular weight excluding hydrogens is 190 g/mol. The first-order chi connectivity index (χ1) is 7.31. The molecule has 4 nitrogen and oxygen atoms in total. The van der Waals surface area contributed by atoms with E-state index in [-0.39, 0.29) is 6.04 Å². The smallest absolute Gasteiger partial charge is 0.213 e. The van der Waals surface area contributed by atoms with Gasteiger partial charge in [0, 0.05) is 30.8 Å². The number of aromatic nitrogens is 1. The standard InChI is InChI=1S/C11H17N3O/c1-15-11-6-8(2-5-14-11)9-3-4-13-7-10(9)12/h2,5-6,9-10,13H,3-4,7,12H2,1H3. The number of nitrogens with one attached hydrogen (secondary N) is 1. The van der Waals surface area contributed by atoms with Gasteiger partial charge >= 0.3 is 0 Å². The SMILES string of the molecule is COc1cc(C2CCNCC2N)ccn1. The number of rotatable bonds is 2. The highest BCUT2D eigenvalue weighted by molar-refractivity contribution is 5.26. The molecule has 82 valence electrons. The van der Waals surface area contributed by atoms with Crippen molar-refractivity contribution in [1.29, 1.82) is 0 Å². The lowest BCUT2D eigenvalue weighted by Crippen LogP contribution is -2.44. The summed E-state index contributed by atoms with van der Waals surface area (Å²) in [5.74, 6) is 1.08. The number of ether oxygens (including phenoxy) is 1. The number of hydrogen-bond donors (Lipinski definition) is 2. The molecule has 0 bridgehead atoms. The monoisotopic (exact) mass is 207 g/mol. The summed E-state index contributed by atoms with van der Waals surface area (Å²) in [5.41, 5.74) is 7.31. The third-order valence-corrected chi connectivity index (χ3v) is 2.93. The van der Waals surface area contributed by atoms with Gasteiger partial charge in [0.05, 0.1) is 7.11 Å². The zero-order chi connectivity index (χ0) is 10.7. The molecule has 1 aliphatic heterocycles. The van der Waals surface area contributed by atoms with Gasteiger partial charge in [-0.3, -0.25) is 0 Å². The molecule has 1 saturated heterocycles. The number of pyridine rings is 1. The second-order valence-electron chi connectivity index (χ2n) is 3.89. The van der Waals surface area contributed by atoms with Crippen LogP contribution < -0.4 is 15.8 Å². The van der Waals surface area contributed by atoms with Crippen molar-refractivity contribution >= 4 is 0 Å². The summed E-state index contributed by atoms with van der Waals surface area (Å²) in [4.78, 5) is 4.10. The Hall–Kier alpha value is -1.13. The maximum atomic E-state index is 6.08. The Bertz CT molecular complexity index is 329. The molecular formula is C11H17N3O. The minimum Gasteiger partial charge on any atom is -0.481 e. The quantitative estimate of drug-likeness (QED) is 0.741. The zero-order valence-electron chi connectivity index (χ0n) is 8.94. The second-order valence-corrected chi connectivity index (χ2v) is 3.89. The number of nitrogens with two attached hydrogens (primary N) is 1. The third-order valence-electron chi connectivity index (χ3n) is 2.93. The Morgan fingerprint density at radius 2 is 2.47 bits per heavy atom. The van der Waals surface area contributed by atoms with Crippen molar-refractivity contribution in [3.63, 3.8) is 0 Å². The van der Waals surface area contributed by atoms with E-state index in [0.29, 0.717) is 11.8 Å². The summed E-state index contributed by atoms with van der Waals surface area (Å²) in [5, 5.41) is 3.29. The minimum absolute atomic E-state index is 0.186. The van der Waals surface area contributed by atoms with Gasteiger partial charge in [-0.2, -0.15) is 0 Å². The molecule has 0 aliphatic carbocycles. The molecule has 15 heavy (non-hydrogen) atoms. The van der Waals surface area contributed by atoms with Crippen LogP contribution in [0.4, 0.5) is 0 Å². The fourth-order valence-electron chi connectivity index (χ4n) is 2.06. The number of methoxy groups -OCH3 is 1. The molecule has 2 atom stereocenters. The number of nitrogens with zero attached hydrogens (tertiary/aromatic N) is 1. The van der Waals surface area contributed by atoms with Crippen LogP contribution in [0.15, 0.2) is 18.3 Å². The zero-order valence-corrected chi connectivity index (χ0v) is 8.94. The predicted octanol–water partition coefficient (Wildman–Crippen LogP) is 0.494. The summed E-state index contributed by atoms with van der Waals surface area (Å²) in [7, 11) is 1.63. The van der Waals surface area contributed by atoms with E-state index in [9.17, 15) is 0 Å². The largest absolute Gasteiger partial charge is 0.481 e. The van der Waals surface area contributed by atoms with Crippen molar-refractivity contribution in [1.82, 2.24) is 10.3 Å². The lowest BCUT2D eigenvalue weighted by atomic mass is 9.87. The van der Waals surface area contributed by atoms with Crippen LogP contribution in [0.2, 0.25) is 0 Å². The summed E-state index contributed by atoms with van der Waals surface area (Å²) >= 11 is 0. The lowest BCUT2D eigenvalue weighted by Gasteiger charge is -2.29. The second kappa shape index (κ2) is 4.59. The Labute approximate surface area is 89.8 Å². The maximum absolute atomic E-state index is 6.08. The molecule has 2 unspecified atom stereocenters. The van der Waals surface area contributed by atoms with E-state index < -0.39 is 0 Å². The molecule has 3 N–H and O–H groups in total. The highest BCUT2D eigenvalue weighted by atomic mass is 16.5. The van der Waals surface area contributed by atoms with Crippen molar-refractivity contribution < 1.29 is 4.74 Å². The summed E-state index contributed by atoms with van der Waals surface area (Å²) in [6.45, 7) is 1.91. The van der Waals surface area contributed by atoms with Gasteiger partial charge < -0.3 is 15.8 Å². The van der Waals surface area contributed by atoms with Gasteiger partial charge in [-0.1, -0.05) is 0 Å². The molecule has 1 fully saturated rings. The van der Waals surface area contributed by atoms with E-state index >= 15 is 0 Å². The van der Waals surface area contributed by atoms with E-state index in [2.05, 4.69) is 10.3 Å². The molecule has 0 amide bonds. The van der Waals surface area contributed by atoms with Crippen LogP contribution in [0.1, 0.15) is 17.9 Å². The molecule has 0 radical (unpaired) electrons. The molecule has 0 spiro atoms. The van der Waals surface area contributed by atoms with Crippen molar-refractivity contribution in [2.24, 2.45) is 5.73 Å². The van der Waals surface area contributed by atoms with Gasteiger partial charge in [0.15, 0.2) is 0 Å². The first kappa shape index (κ1) is 10.4. The van der Waals surface area contributed by atoms with Crippen LogP contribution in [0.25, 0.3) is 0 Å². The predicted molar refractivity (Wildman–Crippen MR) is 59.0 cm³/mol. The van der Waals surface area contributed by atoms with Crippen LogP contribution in [-0.4, -0.2) is 31.2 Å². The highest BCUT2D eigenvalue weighted by Crippen LogP contribution is 2.25. The van der Waals surface area contributed by atoms with Crippen molar-refractivity contribution in [2.45, 2.75) is 18.4 Å². The number of hydrogen-bond acceptors (Lipinski definition) is 4. The van der Waals surface area contributed by atoms with E-state index in [1.54, 1.807) is 13.3 Å². The fraction of sp³-hybridized carbons (Fsp3) is 0.545. The molecule has 0 saturated carbocycles. The summed E-state index contributed by atoms with van der Waals surface area (Å²) in [6.07, 6.45) is 2.86. The Balaban J connectivity index is 2.19.